The van der Waals surface area contributed by atoms with E-state index in [1.807, 2.05) is 0 Å². The maximum Gasteiger partial charge on any atom is 0.233 e. The average Bonchev–Trinajstić information content (AvgIpc) is 2.46. The number of anilines is 2. The lowest BCUT2D eigenvalue weighted by molar-refractivity contribution is -0.123. The summed E-state index contributed by atoms with van der Waals surface area (Å²) in [7, 11) is 0. The Morgan fingerprint density at radius 2 is 1.43 bits per heavy atom. The van der Waals surface area contributed by atoms with Crippen LogP contribution in [0.3, 0.4) is 0 Å². The van der Waals surface area contributed by atoms with Gasteiger partial charge in [0.1, 0.15) is 6.42 Å². The van der Waals surface area contributed by atoms with Crippen LogP contribution in [0.1, 0.15) is 6.42 Å². The molecule has 0 spiro atoms. The van der Waals surface area contributed by atoms with Crippen molar-refractivity contribution in [3.8, 4) is 0 Å². The van der Waals surface area contributed by atoms with Crippen LogP contribution in [0, 0.1) is 0 Å². The minimum atomic E-state index is -0.553. The highest BCUT2D eigenvalue weighted by atomic mass is 35.5. The molecule has 0 aromatic heterocycles. The lowest BCUT2D eigenvalue weighted by atomic mass is 10.2. The van der Waals surface area contributed by atoms with Gasteiger partial charge in [-0.2, -0.15) is 0 Å². The third-order valence-electron chi connectivity index (χ3n) is 2.75. The molecule has 4 nitrogen and oxygen atoms in total. The summed E-state index contributed by atoms with van der Waals surface area (Å²) in [4.78, 5) is 23.8. The van der Waals surface area contributed by atoms with Gasteiger partial charge in [0.15, 0.2) is 0 Å². The molecule has 0 heterocycles. The van der Waals surface area contributed by atoms with Gasteiger partial charge in [0, 0.05) is 5.02 Å². The molecule has 120 valence electrons. The summed E-state index contributed by atoms with van der Waals surface area (Å²) >= 11 is 23.6. The van der Waals surface area contributed by atoms with Gasteiger partial charge in [0.2, 0.25) is 11.8 Å². The highest BCUT2D eigenvalue weighted by Crippen LogP contribution is 2.30. The van der Waals surface area contributed by atoms with E-state index < -0.39 is 18.2 Å². The lowest BCUT2D eigenvalue weighted by Gasteiger charge is -2.10. The Kier molecular flexibility index (Phi) is 6.13. The molecule has 0 saturated carbocycles. The van der Waals surface area contributed by atoms with Crippen molar-refractivity contribution in [1.82, 2.24) is 0 Å². The maximum absolute atomic E-state index is 11.9. The van der Waals surface area contributed by atoms with Crippen LogP contribution in [-0.4, -0.2) is 11.8 Å². The highest BCUT2D eigenvalue weighted by molar-refractivity contribution is 6.40. The third-order valence-corrected chi connectivity index (χ3v) is 3.93. The maximum atomic E-state index is 11.9. The Morgan fingerprint density at radius 3 is 2.04 bits per heavy atom. The normalized spacial score (nSPS) is 10.3. The fourth-order valence-corrected chi connectivity index (χ4v) is 2.68. The number of hydrogen-bond acceptors (Lipinski definition) is 2. The fraction of sp³-hybridized carbons (Fsp3) is 0.0667. The van der Waals surface area contributed by atoms with E-state index in [1.54, 1.807) is 30.3 Å². The summed E-state index contributed by atoms with van der Waals surface area (Å²) < 4.78 is 0. The summed E-state index contributed by atoms with van der Waals surface area (Å²) in [5.41, 5.74) is 0.628. The van der Waals surface area contributed by atoms with Crippen LogP contribution in [0.25, 0.3) is 0 Å². The SMILES string of the molecule is O=C(CC(=O)Nc1c(Cl)cccc1Cl)Nc1ccc(Cl)cc1Cl. The average molecular weight is 392 g/mol. The van der Waals surface area contributed by atoms with Crippen LogP contribution < -0.4 is 10.6 Å². The van der Waals surface area contributed by atoms with Crippen LogP contribution in [0.4, 0.5) is 11.4 Å². The number of halogens is 4. The molecule has 0 atom stereocenters. The quantitative estimate of drug-likeness (QED) is 0.697. The zero-order chi connectivity index (χ0) is 17.0. The Hall–Kier alpha value is -1.46. The predicted molar refractivity (Wildman–Crippen MR) is 94.8 cm³/mol. The first-order valence-electron chi connectivity index (χ1n) is 6.35. The molecule has 0 radical (unpaired) electrons. The molecule has 23 heavy (non-hydrogen) atoms. The van der Waals surface area contributed by atoms with Crippen LogP contribution in [0.5, 0.6) is 0 Å². The first-order chi connectivity index (χ1) is 10.9. The summed E-state index contributed by atoms with van der Waals surface area (Å²) in [5, 5.41) is 6.32. The monoisotopic (exact) mass is 390 g/mol. The van der Waals surface area contributed by atoms with Gasteiger partial charge in [-0.1, -0.05) is 52.5 Å². The number of para-hydroxylation sites is 1. The predicted octanol–water partition coefficient (Wildman–Crippen LogP) is 5.27. The van der Waals surface area contributed by atoms with Crippen molar-refractivity contribution >= 4 is 69.6 Å². The number of rotatable bonds is 4. The van der Waals surface area contributed by atoms with E-state index >= 15 is 0 Å². The molecule has 0 unspecified atom stereocenters. The van der Waals surface area contributed by atoms with Gasteiger partial charge < -0.3 is 10.6 Å². The molecule has 0 bridgehead atoms. The van der Waals surface area contributed by atoms with Crippen molar-refractivity contribution in [3.05, 3.63) is 56.5 Å². The Bertz CT molecular complexity index is 745. The number of carbonyl (C=O) groups excluding carboxylic acids is 2. The minimum absolute atomic E-state index is 0.262. The second-order valence-electron chi connectivity index (χ2n) is 4.49. The van der Waals surface area contributed by atoms with E-state index in [9.17, 15) is 9.59 Å². The van der Waals surface area contributed by atoms with Gasteiger partial charge in [-0.05, 0) is 30.3 Å². The molecular formula is C15H10Cl4N2O2. The topological polar surface area (TPSA) is 58.2 Å². The molecule has 0 aliphatic rings. The molecule has 8 heteroatoms. The summed E-state index contributed by atoms with van der Waals surface area (Å²) in [6.07, 6.45) is -0.416. The lowest BCUT2D eigenvalue weighted by Crippen LogP contribution is -2.21. The third kappa shape index (κ3) is 5.01. The zero-order valence-electron chi connectivity index (χ0n) is 11.5. The van der Waals surface area contributed by atoms with Crippen LogP contribution in [-0.2, 0) is 9.59 Å². The number of carbonyl (C=O) groups is 2. The summed E-state index contributed by atoms with van der Waals surface area (Å²) in [5.74, 6) is -1.09. The zero-order valence-corrected chi connectivity index (χ0v) is 14.5. The second kappa shape index (κ2) is 7.88. The molecule has 2 amide bonds. The Balaban J connectivity index is 1.99. The fourth-order valence-electron chi connectivity index (χ4n) is 1.73. The summed E-state index contributed by atoms with van der Waals surface area (Å²) in [6.45, 7) is 0. The molecule has 2 rings (SSSR count). The number of nitrogens with one attached hydrogen (secondary N) is 2. The standard InChI is InChI=1S/C15H10Cl4N2O2/c16-8-4-5-12(11(19)6-8)20-13(22)7-14(23)21-15-9(17)2-1-3-10(15)18/h1-6H,7H2,(H,20,22)(H,21,23). The molecule has 0 saturated heterocycles. The minimum Gasteiger partial charge on any atom is -0.324 e. The Labute approximate surface area is 152 Å². The van der Waals surface area contributed by atoms with E-state index in [4.69, 9.17) is 46.4 Å². The summed E-state index contributed by atoms with van der Waals surface area (Å²) in [6, 6.07) is 9.42. The second-order valence-corrected chi connectivity index (χ2v) is 6.15. The van der Waals surface area contributed by atoms with Crippen molar-refractivity contribution in [2.24, 2.45) is 0 Å². The Morgan fingerprint density at radius 1 is 0.826 bits per heavy atom. The van der Waals surface area contributed by atoms with Crippen molar-refractivity contribution in [1.29, 1.82) is 0 Å². The number of amides is 2. The van der Waals surface area contributed by atoms with Gasteiger partial charge in [-0.3, -0.25) is 9.59 Å². The van der Waals surface area contributed by atoms with E-state index in [-0.39, 0.29) is 20.8 Å². The molecule has 2 aromatic carbocycles. The number of hydrogen-bond donors (Lipinski definition) is 2. The van der Waals surface area contributed by atoms with Crippen LogP contribution >= 0.6 is 46.4 Å². The van der Waals surface area contributed by atoms with E-state index in [2.05, 4.69) is 10.6 Å². The van der Waals surface area contributed by atoms with E-state index in [0.29, 0.717) is 10.7 Å². The van der Waals surface area contributed by atoms with Gasteiger partial charge >= 0.3 is 0 Å². The molecule has 2 N–H and O–H groups in total. The molecule has 0 aliphatic carbocycles. The first-order valence-corrected chi connectivity index (χ1v) is 7.87. The first kappa shape index (κ1) is 17.9. The van der Waals surface area contributed by atoms with E-state index in [1.165, 1.54) is 6.07 Å². The molecule has 0 aliphatic heterocycles. The van der Waals surface area contributed by atoms with Crippen molar-refractivity contribution in [2.45, 2.75) is 6.42 Å². The van der Waals surface area contributed by atoms with Crippen LogP contribution in [0.2, 0.25) is 20.1 Å². The molecular weight excluding hydrogens is 382 g/mol. The van der Waals surface area contributed by atoms with Crippen LogP contribution in [0.15, 0.2) is 36.4 Å². The largest absolute Gasteiger partial charge is 0.324 e. The number of benzene rings is 2. The molecule has 2 aromatic rings. The van der Waals surface area contributed by atoms with Gasteiger partial charge in [-0.15, -0.1) is 0 Å². The van der Waals surface area contributed by atoms with Crippen molar-refractivity contribution < 1.29 is 9.59 Å². The smallest absolute Gasteiger partial charge is 0.233 e. The van der Waals surface area contributed by atoms with Gasteiger partial charge in [-0.25, -0.2) is 0 Å². The van der Waals surface area contributed by atoms with Crippen molar-refractivity contribution in [3.63, 3.8) is 0 Å². The molecule has 0 fully saturated rings. The van der Waals surface area contributed by atoms with Gasteiger partial charge in [0.05, 0.1) is 26.4 Å². The van der Waals surface area contributed by atoms with E-state index in [0.717, 1.165) is 0 Å². The highest BCUT2D eigenvalue weighted by Gasteiger charge is 2.14. The van der Waals surface area contributed by atoms with Crippen molar-refractivity contribution in [2.75, 3.05) is 10.6 Å². The van der Waals surface area contributed by atoms with Gasteiger partial charge in [0.25, 0.3) is 0 Å².